The van der Waals surface area contributed by atoms with Crippen LogP contribution in [0.25, 0.3) is 0 Å². The summed E-state index contributed by atoms with van der Waals surface area (Å²) in [5.74, 6) is -0.0719. The zero-order valence-corrected chi connectivity index (χ0v) is 13.2. The lowest BCUT2D eigenvalue weighted by molar-refractivity contribution is -0.122. The highest BCUT2D eigenvalue weighted by Crippen LogP contribution is 2.39. The molecule has 0 aromatic heterocycles. The summed E-state index contributed by atoms with van der Waals surface area (Å²) in [5.41, 5.74) is 7.06. The number of methoxy groups -OCH3 is 1. The number of nitrogens with two attached hydrogens (primary N) is 1. The number of hydrogen-bond donors (Lipinski definition) is 2. The molecule has 1 saturated carbocycles. The first-order chi connectivity index (χ1) is 10.1. The van der Waals surface area contributed by atoms with Gasteiger partial charge in [-0.3, -0.25) is 4.79 Å². The second-order valence-electron chi connectivity index (χ2n) is 5.51. The van der Waals surface area contributed by atoms with Gasteiger partial charge >= 0.3 is 0 Å². The van der Waals surface area contributed by atoms with Crippen LogP contribution >= 0.6 is 12.2 Å². The second kappa shape index (κ2) is 7.00. The average Bonchev–Trinajstić information content (AvgIpc) is 2.97. The second-order valence-corrected chi connectivity index (χ2v) is 5.95. The molecule has 4 nitrogen and oxygen atoms in total. The lowest BCUT2D eigenvalue weighted by Gasteiger charge is -2.26. The molecule has 1 aromatic carbocycles. The van der Waals surface area contributed by atoms with E-state index in [0.29, 0.717) is 11.6 Å². The van der Waals surface area contributed by atoms with Crippen LogP contribution in [0.15, 0.2) is 24.3 Å². The predicted molar refractivity (Wildman–Crippen MR) is 88.3 cm³/mol. The van der Waals surface area contributed by atoms with Gasteiger partial charge in [0.25, 0.3) is 0 Å². The fraction of sp³-hybridized carbons (Fsp3) is 0.500. The standard InChI is InChI=1S/C16H22N2O2S/c1-20-11-8-12-6-2-3-7-13(12)18-15(19)16(14(17)21)9-4-5-10-16/h2-3,6-7H,4-5,8-11H2,1H3,(H2,17,21)(H,18,19). The molecule has 3 N–H and O–H groups in total. The van der Waals surface area contributed by atoms with Gasteiger partial charge in [0.15, 0.2) is 0 Å². The van der Waals surface area contributed by atoms with Gasteiger partial charge in [-0.15, -0.1) is 0 Å². The lowest BCUT2D eigenvalue weighted by atomic mass is 9.85. The maximum Gasteiger partial charge on any atom is 0.237 e. The van der Waals surface area contributed by atoms with E-state index in [2.05, 4.69) is 5.32 Å². The highest BCUT2D eigenvalue weighted by Gasteiger charge is 2.44. The minimum Gasteiger partial charge on any atom is -0.392 e. The van der Waals surface area contributed by atoms with Gasteiger partial charge in [0.1, 0.15) is 0 Å². The fourth-order valence-corrected chi connectivity index (χ4v) is 3.17. The summed E-state index contributed by atoms with van der Waals surface area (Å²) in [7, 11) is 1.67. The highest BCUT2D eigenvalue weighted by molar-refractivity contribution is 7.80. The molecule has 1 amide bonds. The van der Waals surface area contributed by atoms with E-state index >= 15 is 0 Å². The number of nitrogens with one attached hydrogen (secondary N) is 1. The lowest BCUT2D eigenvalue weighted by Crippen LogP contribution is -2.44. The maximum absolute atomic E-state index is 12.7. The van der Waals surface area contributed by atoms with E-state index in [-0.39, 0.29) is 5.91 Å². The van der Waals surface area contributed by atoms with Crippen molar-refractivity contribution in [3.8, 4) is 0 Å². The van der Waals surface area contributed by atoms with Crippen LogP contribution in [0.4, 0.5) is 5.69 Å². The van der Waals surface area contributed by atoms with Crippen molar-refractivity contribution in [2.24, 2.45) is 11.1 Å². The number of rotatable bonds is 6. The zero-order chi connectivity index (χ0) is 15.3. The van der Waals surface area contributed by atoms with Crippen LogP contribution in [0.2, 0.25) is 0 Å². The third-order valence-electron chi connectivity index (χ3n) is 4.20. The van der Waals surface area contributed by atoms with E-state index in [0.717, 1.165) is 43.4 Å². The monoisotopic (exact) mass is 306 g/mol. The van der Waals surface area contributed by atoms with Crippen molar-refractivity contribution in [1.82, 2.24) is 0 Å². The Morgan fingerprint density at radius 1 is 1.38 bits per heavy atom. The summed E-state index contributed by atoms with van der Waals surface area (Å²) in [6, 6.07) is 7.77. The Labute approximate surface area is 131 Å². The first-order valence-corrected chi connectivity index (χ1v) is 7.69. The Morgan fingerprint density at radius 3 is 2.67 bits per heavy atom. The largest absolute Gasteiger partial charge is 0.392 e. The van der Waals surface area contributed by atoms with Gasteiger partial charge in [0, 0.05) is 12.8 Å². The van der Waals surface area contributed by atoms with Crippen LogP contribution in [0.1, 0.15) is 31.2 Å². The molecule has 5 heteroatoms. The minimum atomic E-state index is -0.677. The topological polar surface area (TPSA) is 64.3 Å². The Kier molecular flexibility index (Phi) is 5.31. The summed E-state index contributed by atoms with van der Waals surface area (Å²) in [4.78, 5) is 13.0. The SMILES string of the molecule is COCCc1ccccc1NC(=O)C1(C(N)=S)CCCC1. The quantitative estimate of drug-likeness (QED) is 0.793. The summed E-state index contributed by atoms with van der Waals surface area (Å²) >= 11 is 5.16. The Hall–Kier alpha value is -1.46. The van der Waals surface area contributed by atoms with Gasteiger partial charge in [-0.1, -0.05) is 43.3 Å². The number of para-hydroxylation sites is 1. The van der Waals surface area contributed by atoms with Gasteiger partial charge in [-0.2, -0.15) is 0 Å². The molecule has 2 rings (SSSR count). The number of anilines is 1. The van der Waals surface area contributed by atoms with Gasteiger partial charge in [-0.05, 0) is 30.9 Å². The molecule has 0 radical (unpaired) electrons. The smallest absolute Gasteiger partial charge is 0.237 e. The van der Waals surface area contributed by atoms with Gasteiger partial charge < -0.3 is 15.8 Å². The van der Waals surface area contributed by atoms with E-state index in [1.54, 1.807) is 7.11 Å². The normalized spacial score (nSPS) is 16.6. The molecule has 0 atom stereocenters. The number of hydrogen-bond acceptors (Lipinski definition) is 3. The van der Waals surface area contributed by atoms with Crippen LogP contribution in [-0.4, -0.2) is 24.6 Å². The number of ether oxygens (including phenoxy) is 1. The Balaban J connectivity index is 2.17. The third kappa shape index (κ3) is 3.41. The number of carbonyl (C=O) groups is 1. The van der Waals surface area contributed by atoms with Crippen LogP contribution in [0.5, 0.6) is 0 Å². The van der Waals surface area contributed by atoms with E-state index < -0.39 is 5.41 Å². The summed E-state index contributed by atoms with van der Waals surface area (Å²) in [5, 5.41) is 3.02. The van der Waals surface area contributed by atoms with E-state index in [1.165, 1.54) is 0 Å². The molecule has 1 aromatic rings. The molecular formula is C16H22N2O2S. The Morgan fingerprint density at radius 2 is 2.05 bits per heavy atom. The van der Waals surface area contributed by atoms with Crippen molar-refractivity contribution in [2.45, 2.75) is 32.1 Å². The average molecular weight is 306 g/mol. The third-order valence-corrected chi connectivity index (χ3v) is 4.60. The molecule has 1 fully saturated rings. The molecule has 114 valence electrons. The van der Waals surface area contributed by atoms with Gasteiger partial charge in [0.2, 0.25) is 5.91 Å². The van der Waals surface area contributed by atoms with Crippen LogP contribution < -0.4 is 11.1 Å². The van der Waals surface area contributed by atoms with Gasteiger partial charge in [0.05, 0.1) is 17.0 Å². The molecule has 21 heavy (non-hydrogen) atoms. The first-order valence-electron chi connectivity index (χ1n) is 7.28. The van der Waals surface area contributed by atoms with Crippen molar-refractivity contribution in [1.29, 1.82) is 0 Å². The number of amides is 1. The molecule has 0 unspecified atom stereocenters. The highest BCUT2D eigenvalue weighted by atomic mass is 32.1. The van der Waals surface area contributed by atoms with E-state index in [1.807, 2.05) is 24.3 Å². The summed E-state index contributed by atoms with van der Waals surface area (Å²) in [6.07, 6.45) is 4.24. The van der Waals surface area contributed by atoms with Crippen LogP contribution in [-0.2, 0) is 16.0 Å². The number of thiocarbonyl (C=S) groups is 1. The molecule has 0 aliphatic heterocycles. The Bertz CT molecular complexity index is 525. The van der Waals surface area contributed by atoms with E-state index in [4.69, 9.17) is 22.7 Å². The van der Waals surface area contributed by atoms with E-state index in [9.17, 15) is 4.79 Å². The first kappa shape index (κ1) is 15.9. The van der Waals surface area contributed by atoms with Crippen molar-refractivity contribution in [2.75, 3.05) is 19.0 Å². The molecule has 0 saturated heterocycles. The molecular weight excluding hydrogens is 284 g/mol. The van der Waals surface area contributed by atoms with Crippen LogP contribution in [0, 0.1) is 5.41 Å². The summed E-state index contributed by atoms with van der Waals surface area (Å²) in [6.45, 7) is 0.618. The molecule has 0 spiro atoms. The summed E-state index contributed by atoms with van der Waals surface area (Å²) < 4.78 is 5.11. The van der Waals surface area contributed by atoms with Gasteiger partial charge in [-0.25, -0.2) is 0 Å². The van der Waals surface area contributed by atoms with Crippen molar-refractivity contribution >= 4 is 28.8 Å². The molecule has 0 heterocycles. The molecule has 1 aliphatic carbocycles. The van der Waals surface area contributed by atoms with Crippen LogP contribution in [0.3, 0.4) is 0 Å². The maximum atomic E-state index is 12.7. The minimum absolute atomic E-state index is 0.0719. The number of carbonyl (C=O) groups excluding carboxylic acids is 1. The molecule has 1 aliphatic rings. The molecule has 0 bridgehead atoms. The van der Waals surface area contributed by atoms with Crippen molar-refractivity contribution < 1.29 is 9.53 Å². The number of benzene rings is 1. The van der Waals surface area contributed by atoms with Crippen molar-refractivity contribution in [3.63, 3.8) is 0 Å². The van der Waals surface area contributed by atoms with Crippen molar-refractivity contribution in [3.05, 3.63) is 29.8 Å². The predicted octanol–water partition coefficient (Wildman–Crippen LogP) is 2.66. The fourth-order valence-electron chi connectivity index (χ4n) is 2.88. The zero-order valence-electron chi connectivity index (χ0n) is 12.4.